The summed E-state index contributed by atoms with van der Waals surface area (Å²) in [5.74, 6) is -0.542. The van der Waals surface area contributed by atoms with Crippen LogP contribution in [0, 0.1) is 0 Å². The summed E-state index contributed by atoms with van der Waals surface area (Å²) in [6.45, 7) is 6.19. The second-order valence-corrected chi connectivity index (χ2v) is 3.32. The molecule has 1 aliphatic heterocycles. The molecule has 1 rings (SSSR count). The maximum absolute atomic E-state index is 11.5. The minimum absolute atomic E-state index is 0.0863. The molecular formula is C12H15NO3. The second kappa shape index (κ2) is 5.90. The van der Waals surface area contributed by atoms with Crippen molar-refractivity contribution in [1.82, 2.24) is 4.90 Å². The Labute approximate surface area is 94.9 Å². The summed E-state index contributed by atoms with van der Waals surface area (Å²) in [5, 5.41) is 0. The van der Waals surface area contributed by atoms with Crippen LogP contribution >= 0.6 is 0 Å². The molecule has 0 atom stereocenters. The average molecular weight is 221 g/mol. The lowest BCUT2D eigenvalue weighted by Crippen LogP contribution is -2.14. The zero-order valence-electron chi connectivity index (χ0n) is 9.31. The van der Waals surface area contributed by atoms with Crippen LogP contribution in [0.1, 0.15) is 13.3 Å². The molecule has 4 heteroatoms. The van der Waals surface area contributed by atoms with Gasteiger partial charge in [0, 0.05) is 25.4 Å². The summed E-state index contributed by atoms with van der Waals surface area (Å²) < 4.78 is 4.87. The molecule has 4 nitrogen and oxygen atoms in total. The molecule has 16 heavy (non-hydrogen) atoms. The number of carbonyl (C=O) groups is 2. The van der Waals surface area contributed by atoms with E-state index in [0.717, 1.165) is 0 Å². The molecule has 0 bridgehead atoms. The topological polar surface area (TPSA) is 46.6 Å². The Bertz CT molecular complexity index is 355. The van der Waals surface area contributed by atoms with E-state index in [1.807, 2.05) is 0 Å². The molecule has 0 radical (unpaired) electrons. The van der Waals surface area contributed by atoms with Crippen LogP contribution in [0.5, 0.6) is 0 Å². The molecule has 1 aliphatic rings. The van der Waals surface area contributed by atoms with Gasteiger partial charge in [0.1, 0.15) is 0 Å². The molecule has 86 valence electrons. The van der Waals surface area contributed by atoms with Crippen LogP contribution < -0.4 is 0 Å². The van der Waals surface area contributed by atoms with Crippen molar-refractivity contribution in [3.05, 3.63) is 36.7 Å². The van der Waals surface area contributed by atoms with Crippen LogP contribution in [0.15, 0.2) is 36.7 Å². The Hall–Kier alpha value is -1.84. The van der Waals surface area contributed by atoms with Crippen molar-refractivity contribution in [3.63, 3.8) is 0 Å². The summed E-state index contributed by atoms with van der Waals surface area (Å²) in [5.41, 5.74) is 0.374. The van der Waals surface area contributed by atoms with Gasteiger partial charge in [0.25, 0.3) is 0 Å². The van der Waals surface area contributed by atoms with Gasteiger partial charge >= 0.3 is 5.97 Å². The fraction of sp³-hybridized carbons (Fsp3) is 0.333. The highest BCUT2D eigenvalue weighted by Gasteiger charge is 2.17. The van der Waals surface area contributed by atoms with Crippen LogP contribution in [-0.4, -0.2) is 29.8 Å². The van der Waals surface area contributed by atoms with Crippen LogP contribution in [0.2, 0.25) is 0 Å². The highest BCUT2D eigenvalue weighted by molar-refractivity contribution is 6.00. The minimum atomic E-state index is -0.436. The van der Waals surface area contributed by atoms with Crippen molar-refractivity contribution in [2.24, 2.45) is 0 Å². The molecule has 0 spiro atoms. The van der Waals surface area contributed by atoms with E-state index in [1.54, 1.807) is 30.3 Å². The Morgan fingerprint density at radius 1 is 1.69 bits per heavy atom. The monoisotopic (exact) mass is 221 g/mol. The Balaban J connectivity index is 2.84. The zero-order valence-corrected chi connectivity index (χ0v) is 9.31. The minimum Gasteiger partial charge on any atom is -0.463 e. The summed E-state index contributed by atoms with van der Waals surface area (Å²) in [6, 6.07) is 0. The van der Waals surface area contributed by atoms with Gasteiger partial charge in [-0.1, -0.05) is 6.08 Å². The molecular weight excluding hydrogens is 206 g/mol. The summed E-state index contributed by atoms with van der Waals surface area (Å²) in [7, 11) is 0. The van der Waals surface area contributed by atoms with Crippen LogP contribution in [0.25, 0.3) is 0 Å². The fourth-order valence-electron chi connectivity index (χ4n) is 1.33. The fourth-order valence-corrected chi connectivity index (χ4v) is 1.33. The Morgan fingerprint density at radius 2 is 2.44 bits per heavy atom. The molecule has 0 aliphatic carbocycles. The van der Waals surface area contributed by atoms with Gasteiger partial charge in [0.2, 0.25) is 0 Å². The maximum atomic E-state index is 11.5. The van der Waals surface area contributed by atoms with E-state index in [0.29, 0.717) is 18.7 Å². The standard InChI is InChI=1S/C12H15NO3/c1-3-6-13-7-5-11(14)8-10(9-13)12(15)16-4-2/h3,5,7,9H,1,4,6,8H2,2H3. The van der Waals surface area contributed by atoms with Gasteiger partial charge in [0.05, 0.1) is 12.2 Å². The van der Waals surface area contributed by atoms with Crippen LogP contribution in [-0.2, 0) is 14.3 Å². The van der Waals surface area contributed by atoms with E-state index in [-0.39, 0.29) is 12.2 Å². The SMILES string of the molecule is C=CCN1C=CC(=O)CC(C(=O)OCC)=C1. The molecule has 0 saturated heterocycles. The quantitative estimate of drug-likeness (QED) is 0.532. The number of rotatable bonds is 4. The number of hydrogen-bond donors (Lipinski definition) is 0. The largest absolute Gasteiger partial charge is 0.463 e. The number of carbonyl (C=O) groups excluding carboxylic acids is 2. The first-order valence-electron chi connectivity index (χ1n) is 5.13. The molecule has 0 aromatic carbocycles. The maximum Gasteiger partial charge on any atom is 0.335 e. The lowest BCUT2D eigenvalue weighted by molar-refractivity contribution is -0.139. The molecule has 0 aromatic heterocycles. The predicted molar refractivity (Wildman–Crippen MR) is 60.4 cm³/mol. The van der Waals surface area contributed by atoms with E-state index < -0.39 is 5.97 Å². The van der Waals surface area contributed by atoms with E-state index in [9.17, 15) is 9.59 Å². The molecule has 0 fully saturated rings. The molecule has 0 saturated carbocycles. The third-order valence-corrected chi connectivity index (χ3v) is 2.02. The summed E-state index contributed by atoms with van der Waals surface area (Å²) in [4.78, 5) is 24.6. The van der Waals surface area contributed by atoms with E-state index in [1.165, 1.54) is 6.08 Å². The highest BCUT2D eigenvalue weighted by Crippen LogP contribution is 2.12. The van der Waals surface area contributed by atoms with Gasteiger partial charge in [-0.15, -0.1) is 6.58 Å². The van der Waals surface area contributed by atoms with Gasteiger partial charge in [-0.2, -0.15) is 0 Å². The number of nitrogens with zero attached hydrogens (tertiary/aromatic N) is 1. The number of hydrogen-bond acceptors (Lipinski definition) is 4. The molecule has 0 N–H and O–H groups in total. The first-order chi connectivity index (χ1) is 7.67. The number of ketones is 1. The summed E-state index contributed by atoms with van der Waals surface area (Å²) in [6.07, 6.45) is 6.49. The van der Waals surface area contributed by atoms with Crippen molar-refractivity contribution in [2.45, 2.75) is 13.3 Å². The van der Waals surface area contributed by atoms with Crippen molar-refractivity contribution < 1.29 is 14.3 Å². The first kappa shape index (κ1) is 12.2. The van der Waals surface area contributed by atoms with Gasteiger partial charge in [0.15, 0.2) is 5.78 Å². The Morgan fingerprint density at radius 3 is 3.06 bits per heavy atom. The van der Waals surface area contributed by atoms with E-state index in [2.05, 4.69) is 6.58 Å². The van der Waals surface area contributed by atoms with Gasteiger partial charge in [-0.3, -0.25) is 4.79 Å². The van der Waals surface area contributed by atoms with Crippen molar-refractivity contribution >= 4 is 11.8 Å². The van der Waals surface area contributed by atoms with Crippen molar-refractivity contribution in [1.29, 1.82) is 0 Å². The van der Waals surface area contributed by atoms with Crippen molar-refractivity contribution in [2.75, 3.05) is 13.2 Å². The van der Waals surface area contributed by atoms with Gasteiger partial charge in [-0.25, -0.2) is 4.79 Å². The molecule has 0 unspecified atom stereocenters. The van der Waals surface area contributed by atoms with Crippen molar-refractivity contribution in [3.8, 4) is 0 Å². The second-order valence-electron chi connectivity index (χ2n) is 3.32. The predicted octanol–water partition coefficient (Wildman–Crippen LogP) is 1.41. The molecule has 1 heterocycles. The van der Waals surface area contributed by atoms with Gasteiger partial charge < -0.3 is 9.64 Å². The average Bonchev–Trinajstić information content (AvgIpc) is 2.42. The van der Waals surface area contributed by atoms with Gasteiger partial charge in [-0.05, 0) is 13.0 Å². The normalized spacial score (nSPS) is 15.4. The molecule has 0 amide bonds. The third kappa shape index (κ3) is 3.38. The number of allylic oxidation sites excluding steroid dienone is 1. The third-order valence-electron chi connectivity index (χ3n) is 2.02. The lowest BCUT2D eigenvalue weighted by atomic mass is 10.1. The summed E-state index contributed by atoms with van der Waals surface area (Å²) >= 11 is 0. The smallest absolute Gasteiger partial charge is 0.335 e. The zero-order chi connectivity index (χ0) is 12.0. The Kier molecular flexibility index (Phi) is 4.51. The number of ether oxygens (including phenoxy) is 1. The highest BCUT2D eigenvalue weighted by atomic mass is 16.5. The lowest BCUT2D eigenvalue weighted by Gasteiger charge is -2.12. The van der Waals surface area contributed by atoms with Crippen LogP contribution in [0.4, 0.5) is 0 Å². The molecule has 0 aromatic rings. The van der Waals surface area contributed by atoms with E-state index >= 15 is 0 Å². The number of esters is 1. The first-order valence-corrected chi connectivity index (χ1v) is 5.13. The van der Waals surface area contributed by atoms with Crippen LogP contribution in [0.3, 0.4) is 0 Å². The van der Waals surface area contributed by atoms with E-state index in [4.69, 9.17) is 4.74 Å².